The van der Waals surface area contributed by atoms with Crippen LogP contribution in [0.5, 0.6) is 0 Å². The number of halogens is 1. The van der Waals surface area contributed by atoms with Crippen LogP contribution in [0.4, 0.5) is 16.0 Å². The van der Waals surface area contributed by atoms with Gasteiger partial charge in [-0.1, -0.05) is 35.9 Å². The molecule has 0 saturated carbocycles. The molecule has 28 heavy (non-hydrogen) atoms. The lowest BCUT2D eigenvalue weighted by molar-refractivity contribution is 0.243. The van der Waals surface area contributed by atoms with E-state index in [2.05, 4.69) is 26.4 Å². The molecule has 0 radical (unpaired) electrons. The highest BCUT2D eigenvalue weighted by atomic mass is 19.1. The van der Waals surface area contributed by atoms with E-state index in [1.165, 1.54) is 11.1 Å². The minimum absolute atomic E-state index is 0.163. The van der Waals surface area contributed by atoms with E-state index < -0.39 is 12.2 Å². The molecule has 3 atom stereocenters. The first-order chi connectivity index (χ1) is 13.7. The van der Waals surface area contributed by atoms with E-state index in [1.807, 2.05) is 30.3 Å². The van der Waals surface area contributed by atoms with Gasteiger partial charge >= 0.3 is 0 Å². The number of rotatable bonds is 2. The molecule has 0 unspecified atom stereocenters. The molecular formula is C22H22FN5. The van der Waals surface area contributed by atoms with E-state index in [-0.39, 0.29) is 6.04 Å². The van der Waals surface area contributed by atoms with Gasteiger partial charge in [0.05, 0.1) is 29.7 Å². The summed E-state index contributed by atoms with van der Waals surface area (Å²) < 4.78 is 16.2. The zero-order valence-electron chi connectivity index (χ0n) is 15.6. The summed E-state index contributed by atoms with van der Waals surface area (Å²) in [6, 6.07) is 13.8. The van der Waals surface area contributed by atoms with E-state index in [0.29, 0.717) is 25.2 Å². The Kier molecular flexibility index (Phi) is 4.06. The molecule has 0 spiro atoms. The molecule has 2 heterocycles. The highest BCUT2D eigenvalue weighted by Gasteiger charge is 2.33. The van der Waals surface area contributed by atoms with Gasteiger partial charge in [0.2, 0.25) is 5.95 Å². The van der Waals surface area contributed by atoms with Crippen molar-refractivity contribution in [3.8, 4) is 0 Å². The lowest BCUT2D eigenvalue weighted by Crippen LogP contribution is -2.50. The van der Waals surface area contributed by atoms with Crippen molar-refractivity contribution in [3.05, 3.63) is 65.0 Å². The van der Waals surface area contributed by atoms with Crippen LogP contribution in [-0.2, 0) is 6.42 Å². The molecule has 2 aliphatic rings. The third kappa shape index (κ3) is 2.66. The second-order valence-corrected chi connectivity index (χ2v) is 7.73. The standard InChI is InChI=1S/C22H22FN5/c1-25-15-7-8-16-14(12-15)6-9-20(16)28-21-5-3-2-4-19(21)26-22(28)27-11-10-17(23)18(24)13-27/h2-5,7-8,12,17-18,20H,6,9-11,13,24H2/t17-,18-,20-/m1/s1. The molecule has 5 nitrogen and oxygen atoms in total. The fourth-order valence-corrected chi connectivity index (χ4v) is 4.62. The third-order valence-electron chi connectivity index (χ3n) is 6.04. The van der Waals surface area contributed by atoms with Crippen LogP contribution in [0.3, 0.4) is 0 Å². The fraction of sp³-hybridized carbons (Fsp3) is 0.364. The minimum Gasteiger partial charge on any atom is -0.340 e. The average Bonchev–Trinajstić information content (AvgIpc) is 3.30. The van der Waals surface area contributed by atoms with Crippen LogP contribution in [0.1, 0.15) is 30.0 Å². The molecule has 5 rings (SSSR count). The average molecular weight is 375 g/mol. The van der Waals surface area contributed by atoms with Crippen LogP contribution in [0.2, 0.25) is 0 Å². The molecular weight excluding hydrogens is 353 g/mol. The molecule has 2 aromatic carbocycles. The predicted molar refractivity (Wildman–Crippen MR) is 109 cm³/mol. The van der Waals surface area contributed by atoms with Crippen molar-refractivity contribution in [1.29, 1.82) is 0 Å². The summed E-state index contributed by atoms with van der Waals surface area (Å²) in [6.07, 6.45) is 1.39. The largest absolute Gasteiger partial charge is 0.340 e. The van der Waals surface area contributed by atoms with Gasteiger partial charge < -0.3 is 15.2 Å². The van der Waals surface area contributed by atoms with Gasteiger partial charge in [0.1, 0.15) is 6.17 Å². The highest BCUT2D eigenvalue weighted by molar-refractivity contribution is 5.79. The molecule has 1 aromatic heterocycles. The van der Waals surface area contributed by atoms with Crippen molar-refractivity contribution < 1.29 is 4.39 Å². The Morgan fingerprint density at radius 2 is 2.04 bits per heavy atom. The third-order valence-corrected chi connectivity index (χ3v) is 6.04. The molecule has 142 valence electrons. The first-order valence-electron chi connectivity index (χ1n) is 9.77. The zero-order chi connectivity index (χ0) is 19.3. The molecule has 1 aliphatic heterocycles. The Morgan fingerprint density at radius 1 is 1.18 bits per heavy atom. The molecule has 1 saturated heterocycles. The molecule has 0 amide bonds. The van der Waals surface area contributed by atoms with Gasteiger partial charge in [-0.2, -0.15) is 0 Å². The number of alkyl halides is 1. The summed E-state index contributed by atoms with van der Waals surface area (Å²) in [5.41, 5.74) is 11.2. The maximum atomic E-state index is 13.9. The number of anilines is 1. The minimum atomic E-state index is -0.951. The van der Waals surface area contributed by atoms with Crippen molar-refractivity contribution in [3.63, 3.8) is 0 Å². The van der Waals surface area contributed by atoms with Crippen molar-refractivity contribution in [2.75, 3.05) is 18.0 Å². The lowest BCUT2D eigenvalue weighted by atomic mass is 10.0. The fourth-order valence-electron chi connectivity index (χ4n) is 4.62. The van der Waals surface area contributed by atoms with Gasteiger partial charge in [0.25, 0.3) is 0 Å². The van der Waals surface area contributed by atoms with Crippen LogP contribution in [-0.4, -0.2) is 34.9 Å². The van der Waals surface area contributed by atoms with E-state index in [0.717, 1.165) is 29.8 Å². The number of benzene rings is 2. The number of hydrogen-bond donors (Lipinski definition) is 1. The number of nitrogens with zero attached hydrogens (tertiary/aromatic N) is 4. The molecule has 2 N–H and O–H groups in total. The SMILES string of the molecule is [C-]#[N+]c1ccc2c(c1)CC[C@H]2n1c(N2CC[C@@H](F)[C@H](N)C2)nc2ccccc21. The maximum Gasteiger partial charge on any atom is 0.207 e. The van der Waals surface area contributed by atoms with Crippen LogP contribution in [0.15, 0.2) is 42.5 Å². The Morgan fingerprint density at radius 3 is 2.86 bits per heavy atom. The van der Waals surface area contributed by atoms with E-state index in [9.17, 15) is 4.39 Å². The number of fused-ring (bicyclic) bond motifs is 2. The zero-order valence-corrected chi connectivity index (χ0v) is 15.6. The van der Waals surface area contributed by atoms with Crippen molar-refractivity contribution in [2.45, 2.75) is 37.5 Å². The summed E-state index contributed by atoms with van der Waals surface area (Å²) in [4.78, 5) is 10.6. The van der Waals surface area contributed by atoms with Gasteiger partial charge in [-0.05, 0) is 37.0 Å². The van der Waals surface area contributed by atoms with Crippen molar-refractivity contribution >= 4 is 22.7 Å². The molecule has 6 heteroatoms. The molecule has 0 bridgehead atoms. The number of para-hydroxylation sites is 2. The Balaban J connectivity index is 1.63. The van der Waals surface area contributed by atoms with Gasteiger partial charge in [0, 0.05) is 13.1 Å². The van der Waals surface area contributed by atoms with Crippen molar-refractivity contribution in [1.82, 2.24) is 9.55 Å². The number of hydrogen-bond acceptors (Lipinski definition) is 3. The number of nitrogens with two attached hydrogens (primary N) is 1. The quantitative estimate of drug-likeness (QED) is 0.689. The Hall–Kier alpha value is -2.91. The summed E-state index contributed by atoms with van der Waals surface area (Å²) in [5.74, 6) is 0.871. The van der Waals surface area contributed by atoms with Gasteiger partial charge in [0.15, 0.2) is 5.69 Å². The summed E-state index contributed by atoms with van der Waals surface area (Å²) in [6.45, 7) is 8.36. The monoisotopic (exact) mass is 375 g/mol. The number of aromatic nitrogens is 2. The van der Waals surface area contributed by atoms with Crippen LogP contribution in [0.25, 0.3) is 15.9 Å². The van der Waals surface area contributed by atoms with Gasteiger partial charge in [-0.3, -0.25) is 0 Å². The van der Waals surface area contributed by atoms with Gasteiger partial charge in [-0.15, -0.1) is 0 Å². The Bertz CT molecular complexity index is 1080. The Labute approximate surface area is 163 Å². The van der Waals surface area contributed by atoms with Crippen LogP contribution in [0, 0.1) is 6.57 Å². The predicted octanol–water partition coefficient (Wildman–Crippen LogP) is 4.00. The number of aryl methyl sites for hydroxylation is 1. The number of piperidine rings is 1. The summed E-state index contributed by atoms with van der Waals surface area (Å²) in [7, 11) is 0. The number of imidazole rings is 1. The summed E-state index contributed by atoms with van der Waals surface area (Å²) >= 11 is 0. The van der Waals surface area contributed by atoms with Crippen molar-refractivity contribution in [2.24, 2.45) is 5.73 Å². The maximum absolute atomic E-state index is 13.9. The smallest absolute Gasteiger partial charge is 0.207 e. The lowest BCUT2D eigenvalue weighted by Gasteiger charge is -2.35. The molecule has 1 fully saturated rings. The molecule has 3 aromatic rings. The normalized spacial score (nSPS) is 24.3. The van der Waals surface area contributed by atoms with E-state index in [4.69, 9.17) is 17.3 Å². The van der Waals surface area contributed by atoms with Gasteiger partial charge in [-0.25, -0.2) is 14.2 Å². The topological polar surface area (TPSA) is 51.4 Å². The second kappa shape index (κ2) is 6.61. The van der Waals surface area contributed by atoms with E-state index >= 15 is 0 Å². The second-order valence-electron chi connectivity index (χ2n) is 7.73. The molecule has 1 aliphatic carbocycles. The first kappa shape index (κ1) is 17.2. The first-order valence-corrected chi connectivity index (χ1v) is 9.77. The van der Waals surface area contributed by atoms with Crippen LogP contribution >= 0.6 is 0 Å². The summed E-state index contributed by atoms with van der Waals surface area (Å²) in [5, 5.41) is 0. The van der Waals surface area contributed by atoms with E-state index in [1.54, 1.807) is 0 Å². The van der Waals surface area contributed by atoms with Crippen LogP contribution < -0.4 is 10.6 Å². The highest BCUT2D eigenvalue weighted by Crippen LogP contribution is 2.41.